The van der Waals surface area contributed by atoms with E-state index in [-0.39, 0.29) is 5.41 Å². The molecule has 3 N–H and O–H groups in total. The maximum Gasteiger partial charge on any atom is 0.232 e. The molecule has 3 rings (SSSR count). The van der Waals surface area contributed by atoms with Crippen molar-refractivity contribution in [3.8, 4) is 5.88 Å². The Morgan fingerprint density at radius 2 is 2.00 bits per heavy atom. The van der Waals surface area contributed by atoms with Gasteiger partial charge in [0.1, 0.15) is 0 Å². The van der Waals surface area contributed by atoms with Gasteiger partial charge < -0.3 is 20.3 Å². The predicted molar refractivity (Wildman–Crippen MR) is 76.8 cm³/mol. The topological polar surface area (TPSA) is 87.5 Å². The van der Waals surface area contributed by atoms with Crippen LogP contribution >= 0.6 is 0 Å². The second-order valence-electron chi connectivity index (χ2n) is 6.45. The van der Waals surface area contributed by atoms with Crippen LogP contribution in [0.5, 0.6) is 5.88 Å². The Balaban J connectivity index is 1.58. The highest BCUT2D eigenvalue weighted by Gasteiger charge is 2.44. The van der Waals surface area contributed by atoms with Crippen molar-refractivity contribution in [3.05, 3.63) is 18.6 Å². The van der Waals surface area contributed by atoms with E-state index in [0.29, 0.717) is 25.3 Å². The average Bonchev–Trinajstić information content (AvgIpc) is 3.25. The number of nitrogens with one attached hydrogen (secondary N) is 1. The minimum Gasteiger partial charge on any atom is -0.476 e. The van der Waals surface area contributed by atoms with E-state index in [1.165, 1.54) is 12.8 Å². The molecule has 2 aliphatic rings. The molecular weight excluding hydrogens is 270 g/mol. The van der Waals surface area contributed by atoms with Crippen LogP contribution < -0.4 is 10.1 Å². The molecule has 0 aliphatic heterocycles. The Labute approximate surface area is 124 Å². The fourth-order valence-corrected chi connectivity index (χ4v) is 3.01. The van der Waals surface area contributed by atoms with Crippen LogP contribution in [0, 0.1) is 11.3 Å². The summed E-state index contributed by atoms with van der Waals surface area (Å²) >= 11 is 0. The molecule has 2 saturated carbocycles. The molecule has 0 saturated heterocycles. The molecule has 6 nitrogen and oxygen atoms in total. The highest BCUT2D eigenvalue weighted by Crippen LogP contribution is 2.39. The summed E-state index contributed by atoms with van der Waals surface area (Å²) in [5.74, 6) is 1.29. The molecule has 1 aromatic heterocycles. The van der Waals surface area contributed by atoms with Gasteiger partial charge >= 0.3 is 0 Å². The first kappa shape index (κ1) is 14.7. The molecule has 21 heavy (non-hydrogen) atoms. The summed E-state index contributed by atoms with van der Waals surface area (Å²) in [6, 6.07) is 0. The SMILES string of the molecule is O[C@@H]1CC(CNCC2CC2)(COc2cnccn2)C[C@@H]1O. The first-order chi connectivity index (χ1) is 10.2. The summed E-state index contributed by atoms with van der Waals surface area (Å²) in [6.07, 6.45) is 7.14. The zero-order valence-electron chi connectivity index (χ0n) is 12.1. The summed E-state index contributed by atoms with van der Waals surface area (Å²) < 4.78 is 5.73. The van der Waals surface area contributed by atoms with Crippen molar-refractivity contribution in [1.29, 1.82) is 0 Å². The van der Waals surface area contributed by atoms with E-state index in [9.17, 15) is 10.2 Å². The van der Waals surface area contributed by atoms with Gasteiger partial charge in [0.2, 0.25) is 5.88 Å². The normalized spacial score (nSPS) is 32.3. The lowest BCUT2D eigenvalue weighted by molar-refractivity contribution is 0.0438. The molecule has 0 aromatic carbocycles. The number of aliphatic hydroxyl groups is 2. The first-order valence-corrected chi connectivity index (χ1v) is 7.63. The molecule has 1 aromatic rings. The van der Waals surface area contributed by atoms with Crippen molar-refractivity contribution in [1.82, 2.24) is 15.3 Å². The van der Waals surface area contributed by atoms with Crippen LogP contribution in [0.1, 0.15) is 25.7 Å². The fraction of sp³-hybridized carbons (Fsp3) is 0.733. The number of aromatic nitrogens is 2. The van der Waals surface area contributed by atoms with Crippen LogP contribution in [0.2, 0.25) is 0 Å². The van der Waals surface area contributed by atoms with E-state index in [4.69, 9.17) is 4.74 Å². The van der Waals surface area contributed by atoms with Gasteiger partial charge in [-0.25, -0.2) is 4.98 Å². The van der Waals surface area contributed by atoms with Gasteiger partial charge in [0.05, 0.1) is 25.0 Å². The van der Waals surface area contributed by atoms with Gasteiger partial charge in [-0.05, 0) is 38.1 Å². The standard InChI is InChI=1S/C15H23N3O3/c19-12-5-15(6-13(12)20,9-17-7-11-1-2-11)10-21-14-8-16-3-4-18-14/h3-4,8,11-13,17,19-20H,1-2,5-7,9-10H2/t12-,13+,15?. The fourth-order valence-electron chi connectivity index (χ4n) is 3.01. The van der Waals surface area contributed by atoms with E-state index >= 15 is 0 Å². The quantitative estimate of drug-likeness (QED) is 0.673. The van der Waals surface area contributed by atoms with Gasteiger partial charge in [0.25, 0.3) is 0 Å². The predicted octanol–water partition coefficient (Wildman–Crippen LogP) is 0.357. The van der Waals surface area contributed by atoms with Gasteiger partial charge in [-0.1, -0.05) is 0 Å². The summed E-state index contributed by atoms with van der Waals surface area (Å²) in [6.45, 7) is 2.19. The van der Waals surface area contributed by atoms with Gasteiger partial charge in [-0.3, -0.25) is 4.98 Å². The minimum absolute atomic E-state index is 0.245. The largest absolute Gasteiger partial charge is 0.476 e. The van der Waals surface area contributed by atoms with E-state index in [2.05, 4.69) is 15.3 Å². The Morgan fingerprint density at radius 1 is 1.24 bits per heavy atom. The summed E-state index contributed by atoms with van der Waals surface area (Å²) in [4.78, 5) is 8.07. The smallest absolute Gasteiger partial charge is 0.232 e. The molecule has 0 bridgehead atoms. The molecule has 2 aliphatic carbocycles. The third-order valence-electron chi connectivity index (χ3n) is 4.42. The molecule has 0 amide bonds. The van der Waals surface area contributed by atoms with Crippen LogP contribution in [0.25, 0.3) is 0 Å². The maximum atomic E-state index is 9.89. The summed E-state index contributed by atoms with van der Waals surface area (Å²) in [5, 5.41) is 23.2. The van der Waals surface area contributed by atoms with E-state index in [1.807, 2.05) is 0 Å². The third kappa shape index (κ3) is 3.90. The van der Waals surface area contributed by atoms with Crippen LogP contribution in [0.3, 0.4) is 0 Å². The van der Waals surface area contributed by atoms with Crippen LogP contribution in [-0.2, 0) is 0 Å². The lowest BCUT2D eigenvalue weighted by Crippen LogP contribution is -2.38. The number of hydrogen-bond donors (Lipinski definition) is 3. The van der Waals surface area contributed by atoms with Crippen LogP contribution in [0.15, 0.2) is 18.6 Å². The second-order valence-corrected chi connectivity index (χ2v) is 6.45. The number of aliphatic hydroxyl groups excluding tert-OH is 2. The minimum atomic E-state index is -0.668. The van der Waals surface area contributed by atoms with E-state index in [0.717, 1.165) is 19.0 Å². The number of nitrogens with zero attached hydrogens (tertiary/aromatic N) is 2. The highest BCUT2D eigenvalue weighted by atomic mass is 16.5. The van der Waals surface area contributed by atoms with Gasteiger partial charge in [-0.2, -0.15) is 0 Å². The van der Waals surface area contributed by atoms with Gasteiger partial charge in [0, 0.05) is 24.4 Å². The van der Waals surface area contributed by atoms with Crippen LogP contribution in [-0.4, -0.2) is 52.1 Å². The Bertz CT molecular complexity index is 443. The van der Waals surface area contributed by atoms with Crippen LogP contribution in [0.4, 0.5) is 0 Å². The molecule has 3 atom stereocenters. The Morgan fingerprint density at radius 3 is 2.62 bits per heavy atom. The van der Waals surface area contributed by atoms with Crippen molar-refractivity contribution >= 4 is 0 Å². The molecular formula is C15H23N3O3. The second kappa shape index (κ2) is 6.25. The lowest BCUT2D eigenvalue weighted by atomic mass is 9.86. The van der Waals surface area contributed by atoms with Crippen molar-refractivity contribution in [2.75, 3.05) is 19.7 Å². The zero-order valence-corrected chi connectivity index (χ0v) is 12.1. The van der Waals surface area contributed by atoms with Gasteiger partial charge in [0.15, 0.2) is 0 Å². The van der Waals surface area contributed by atoms with E-state index in [1.54, 1.807) is 18.6 Å². The molecule has 1 unspecified atom stereocenters. The average molecular weight is 293 g/mol. The monoisotopic (exact) mass is 293 g/mol. The molecule has 6 heteroatoms. The van der Waals surface area contributed by atoms with Crippen molar-refractivity contribution < 1.29 is 14.9 Å². The summed E-state index contributed by atoms with van der Waals surface area (Å²) in [5.41, 5.74) is -0.245. The molecule has 2 fully saturated rings. The van der Waals surface area contributed by atoms with Crippen molar-refractivity contribution in [3.63, 3.8) is 0 Å². The maximum absolute atomic E-state index is 9.89. The summed E-state index contributed by atoms with van der Waals surface area (Å²) in [7, 11) is 0. The first-order valence-electron chi connectivity index (χ1n) is 7.63. The van der Waals surface area contributed by atoms with E-state index < -0.39 is 12.2 Å². The number of ether oxygens (including phenoxy) is 1. The van der Waals surface area contributed by atoms with Gasteiger partial charge in [-0.15, -0.1) is 0 Å². The lowest BCUT2D eigenvalue weighted by Gasteiger charge is -2.29. The van der Waals surface area contributed by atoms with Crippen molar-refractivity contribution in [2.24, 2.45) is 11.3 Å². The Kier molecular flexibility index (Phi) is 4.37. The number of hydrogen-bond acceptors (Lipinski definition) is 6. The third-order valence-corrected chi connectivity index (χ3v) is 4.42. The van der Waals surface area contributed by atoms with Crippen molar-refractivity contribution in [2.45, 2.75) is 37.9 Å². The Hall–Kier alpha value is -1.24. The molecule has 0 radical (unpaired) electrons. The highest BCUT2D eigenvalue weighted by molar-refractivity contribution is 5.03. The molecule has 1 heterocycles. The molecule has 116 valence electrons. The zero-order chi connectivity index (χ0) is 14.7. The molecule has 0 spiro atoms. The number of rotatable bonds is 7.